The average molecular weight is 364 g/mol. The van der Waals surface area contributed by atoms with Gasteiger partial charge in [0.15, 0.2) is 0 Å². The summed E-state index contributed by atoms with van der Waals surface area (Å²) >= 11 is 3.86. The molecule has 0 saturated carbocycles. The molecule has 2 aromatic heterocycles. The number of aliphatic hydroxyl groups excluding tert-OH is 1. The third-order valence-electron chi connectivity index (χ3n) is 2.41. The molecule has 0 spiro atoms. The van der Waals surface area contributed by atoms with Crippen LogP contribution in [-0.2, 0) is 0 Å². The summed E-state index contributed by atoms with van der Waals surface area (Å²) in [6.45, 7) is 2.08. The Bertz CT molecular complexity index is 526. The number of thiophene rings is 1. The van der Waals surface area contributed by atoms with E-state index in [1.165, 1.54) is 0 Å². The maximum absolute atomic E-state index is 9.20. The first-order chi connectivity index (χ1) is 8.13. The molecule has 2 rings (SSSR count). The van der Waals surface area contributed by atoms with Crippen LogP contribution in [0.5, 0.6) is 0 Å². The number of fused-ring (bicyclic) bond motifs is 1. The first-order valence-corrected chi connectivity index (χ1v) is 7.13. The standard InChI is InChI=1S/C10H13IN4OS/c1-2-5(4-16)13-9-8-6(3-7(11)17-8)14-10(12)15-9/h3,5,16H,2,4H2,1H3,(H3,12,13,14,15). The summed E-state index contributed by atoms with van der Waals surface area (Å²) in [7, 11) is 0. The van der Waals surface area contributed by atoms with E-state index in [0.717, 1.165) is 19.5 Å². The minimum absolute atomic E-state index is 0.00717. The minimum Gasteiger partial charge on any atom is -0.394 e. The maximum atomic E-state index is 9.20. The fourth-order valence-electron chi connectivity index (χ4n) is 1.49. The van der Waals surface area contributed by atoms with E-state index in [1.54, 1.807) is 11.3 Å². The van der Waals surface area contributed by atoms with Crippen LogP contribution in [0, 0.1) is 2.88 Å². The number of halogens is 1. The molecular weight excluding hydrogens is 351 g/mol. The van der Waals surface area contributed by atoms with Gasteiger partial charge in [0.1, 0.15) is 5.82 Å². The Morgan fingerprint density at radius 3 is 3.00 bits per heavy atom. The van der Waals surface area contributed by atoms with E-state index in [4.69, 9.17) is 5.73 Å². The predicted molar refractivity (Wildman–Crippen MR) is 79.3 cm³/mol. The van der Waals surface area contributed by atoms with Gasteiger partial charge in [-0.2, -0.15) is 4.98 Å². The quantitative estimate of drug-likeness (QED) is 0.724. The van der Waals surface area contributed by atoms with E-state index >= 15 is 0 Å². The Morgan fingerprint density at radius 2 is 2.35 bits per heavy atom. The van der Waals surface area contributed by atoms with Crippen LogP contribution >= 0.6 is 33.9 Å². The number of hydrogen-bond donors (Lipinski definition) is 3. The zero-order chi connectivity index (χ0) is 12.4. The highest BCUT2D eigenvalue weighted by atomic mass is 127. The van der Waals surface area contributed by atoms with Crippen LogP contribution in [0.1, 0.15) is 13.3 Å². The van der Waals surface area contributed by atoms with Crippen molar-refractivity contribution in [3.8, 4) is 0 Å². The molecule has 0 fully saturated rings. The molecule has 1 atom stereocenters. The van der Waals surface area contributed by atoms with E-state index in [2.05, 4.69) is 37.9 Å². The van der Waals surface area contributed by atoms with Gasteiger partial charge in [0.25, 0.3) is 0 Å². The summed E-state index contributed by atoms with van der Waals surface area (Å²) in [5.74, 6) is 0.961. The summed E-state index contributed by atoms with van der Waals surface area (Å²) < 4.78 is 2.12. The third-order valence-corrected chi connectivity index (χ3v) is 4.30. The lowest BCUT2D eigenvalue weighted by molar-refractivity contribution is 0.271. The molecule has 17 heavy (non-hydrogen) atoms. The summed E-state index contributed by atoms with van der Waals surface area (Å²) in [5.41, 5.74) is 6.52. The van der Waals surface area contributed by atoms with Gasteiger partial charge >= 0.3 is 0 Å². The van der Waals surface area contributed by atoms with E-state index < -0.39 is 0 Å². The molecule has 7 heteroatoms. The van der Waals surface area contributed by atoms with Crippen molar-refractivity contribution >= 4 is 55.9 Å². The number of nitrogen functional groups attached to an aromatic ring is 1. The van der Waals surface area contributed by atoms with Crippen molar-refractivity contribution in [2.45, 2.75) is 19.4 Å². The van der Waals surface area contributed by atoms with Gasteiger partial charge in [0.2, 0.25) is 5.95 Å². The Morgan fingerprint density at radius 1 is 1.59 bits per heavy atom. The van der Waals surface area contributed by atoms with Crippen molar-refractivity contribution in [3.63, 3.8) is 0 Å². The molecule has 0 bridgehead atoms. The Labute approximate surface area is 117 Å². The van der Waals surface area contributed by atoms with E-state index in [9.17, 15) is 5.11 Å². The van der Waals surface area contributed by atoms with Crippen molar-refractivity contribution in [2.75, 3.05) is 17.7 Å². The molecular formula is C10H13IN4OS. The molecule has 0 radical (unpaired) electrons. The number of anilines is 2. The number of rotatable bonds is 4. The largest absolute Gasteiger partial charge is 0.394 e. The molecule has 0 saturated heterocycles. The lowest BCUT2D eigenvalue weighted by Crippen LogP contribution is -2.23. The van der Waals surface area contributed by atoms with Crippen LogP contribution < -0.4 is 11.1 Å². The first kappa shape index (κ1) is 12.8. The highest BCUT2D eigenvalue weighted by molar-refractivity contribution is 14.1. The molecule has 0 aliphatic rings. The van der Waals surface area contributed by atoms with Crippen LogP contribution in [0.2, 0.25) is 0 Å². The van der Waals surface area contributed by atoms with Crippen LogP contribution in [-0.4, -0.2) is 27.7 Å². The highest BCUT2D eigenvalue weighted by Gasteiger charge is 2.12. The van der Waals surface area contributed by atoms with Gasteiger partial charge in [-0.3, -0.25) is 0 Å². The van der Waals surface area contributed by atoms with E-state index in [1.807, 2.05) is 13.0 Å². The van der Waals surface area contributed by atoms with Crippen molar-refractivity contribution in [1.82, 2.24) is 9.97 Å². The molecule has 0 aromatic carbocycles. The van der Waals surface area contributed by atoms with Crippen molar-refractivity contribution in [2.24, 2.45) is 0 Å². The van der Waals surface area contributed by atoms with E-state index in [0.29, 0.717) is 5.82 Å². The molecule has 92 valence electrons. The Kier molecular flexibility index (Phi) is 4.00. The average Bonchev–Trinajstić information content (AvgIpc) is 2.66. The van der Waals surface area contributed by atoms with Crippen LogP contribution in [0.3, 0.4) is 0 Å². The van der Waals surface area contributed by atoms with Crippen molar-refractivity contribution in [3.05, 3.63) is 8.95 Å². The van der Waals surface area contributed by atoms with Gasteiger partial charge in [-0.05, 0) is 35.1 Å². The maximum Gasteiger partial charge on any atom is 0.222 e. The molecule has 1 unspecified atom stereocenters. The van der Waals surface area contributed by atoms with Gasteiger partial charge in [-0.25, -0.2) is 4.98 Å². The highest BCUT2D eigenvalue weighted by Crippen LogP contribution is 2.31. The van der Waals surface area contributed by atoms with Crippen molar-refractivity contribution in [1.29, 1.82) is 0 Å². The van der Waals surface area contributed by atoms with E-state index in [-0.39, 0.29) is 18.6 Å². The molecule has 4 N–H and O–H groups in total. The van der Waals surface area contributed by atoms with Gasteiger partial charge < -0.3 is 16.2 Å². The fourth-order valence-corrected chi connectivity index (χ4v) is 3.22. The minimum atomic E-state index is -0.00717. The number of nitrogens with one attached hydrogen (secondary N) is 1. The zero-order valence-electron chi connectivity index (χ0n) is 9.27. The lowest BCUT2D eigenvalue weighted by Gasteiger charge is -2.15. The molecule has 2 aromatic rings. The second kappa shape index (κ2) is 5.32. The number of aromatic nitrogens is 2. The van der Waals surface area contributed by atoms with Gasteiger partial charge in [-0.1, -0.05) is 6.92 Å². The predicted octanol–water partition coefficient (Wildman–Crippen LogP) is 2.06. The zero-order valence-corrected chi connectivity index (χ0v) is 12.2. The summed E-state index contributed by atoms with van der Waals surface area (Å²) in [6, 6.07) is 1.97. The molecule has 5 nitrogen and oxygen atoms in total. The van der Waals surface area contributed by atoms with Crippen LogP contribution in [0.15, 0.2) is 6.07 Å². The fraction of sp³-hybridized carbons (Fsp3) is 0.400. The van der Waals surface area contributed by atoms with Crippen molar-refractivity contribution < 1.29 is 5.11 Å². The smallest absolute Gasteiger partial charge is 0.222 e. The Hall–Kier alpha value is -0.670. The van der Waals surface area contributed by atoms with Crippen LogP contribution in [0.25, 0.3) is 10.2 Å². The topological polar surface area (TPSA) is 84.1 Å². The number of nitrogens with two attached hydrogens (primary N) is 1. The van der Waals surface area contributed by atoms with Gasteiger partial charge in [0, 0.05) is 0 Å². The molecule has 2 heterocycles. The summed E-state index contributed by atoms with van der Waals surface area (Å²) in [6.07, 6.45) is 0.824. The molecule has 0 aliphatic heterocycles. The molecule has 0 aliphatic carbocycles. The van der Waals surface area contributed by atoms with Gasteiger partial charge in [-0.15, -0.1) is 11.3 Å². The second-order valence-electron chi connectivity index (χ2n) is 3.63. The monoisotopic (exact) mass is 364 g/mol. The third kappa shape index (κ3) is 2.78. The first-order valence-electron chi connectivity index (χ1n) is 5.24. The number of aliphatic hydroxyl groups is 1. The second-order valence-corrected chi connectivity index (χ2v) is 6.57. The normalized spacial score (nSPS) is 12.9. The molecule has 0 amide bonds. The Balaban J connectivity index is 2.44. The SMILES string of the molecule is CCC(CO)Nc1nc(N)nc2cc(I)sc12. The van der Waals surface area contributed by atoms with Gasteiger partial charge in [0.05, 0.1) is 25.7 Å². The number of hydrogen-bond acceptors (Lipinski definition) is 6. The summed E-state index contributed by atoms with van der Waals surface area (Å²) in [4.78, 5) is 8.39. The summed E-state index contributed by atoms with van der Waals surface area (Å²) in [5, 5.41) is 12.4. The van der Waals surface area contributed by atoms with Crippen LogP contribution in [0.4, 0.5) is 11.8 Å². The lowest BCUT2D eigenvalue weighted by atomic mass is 10.2. The number of nitrogens with zero attached hydrogens (tertiary/aromatic N) is 2.